The van der Waals surface area contributed by atoms with Crippen LogP contribution in [0.4, 0.5) is 0 Å². The Labute approximate surface area is 136 Å². The number of likely N-dealkylation sites (tertiary alicyclic amines) is 1. The fourth-order valence-corrected chi connectivity index (χ4v) is 2.93. The molecule has 1 N–H and O–H groups in total. The van der Waals surface area contributed by atoms with E-state index >= 15 is 0 Å². The molecule has 23 heavy (non-hydrogen) atoms. The van der Waals surface area contributed by atoms with Gasteiger partial charge in [-0.25, -0.2) is 0 Å². The van der Waals surface area contributed by atoms with Crippen LogP contribution < -0.4 is 0 Å². The Morgan fingerprint density at radius 3 is 2.57 bits per heavy atom. The molecule has 0 spiro atoms. The molecule has 1 amide bonds. The first-order valence-electron chi connectivity index (χ1n) is 7.88. The van der Waals surface area contributed by atoms with E-state index in [-0.39, 0.29) is 5.91 Å². The summed E-state index contributed by atoms with van der Waals surface area (Å²) in [6.07, 6.45) is 8.79. The molecule has 0 saturated carbocycles. The minimum absolute atomic E-state index is 0.0537. The Kier molecular flexibility index (Phi) is 4.71. The Morgan fingerprint density at radius 1 is 1.17 bits per heavy atom. The zero-order chi connectivity index (χ0) is 16.1. The predicted octanol–water partition coefficient (Wildman–Crippen LogP) is 3.21. The summed E-state index contributed by atoms with van der Waals surface area (Å²) in [7, 11) is 0. The Morgan fingerprint density at radius 2 is 1.91 bits per heavy atom. The van der Waals surface area contributed by atoms with Gasteiger partial charge in [0.05, 0.1) is 0 Å². The molecule has 2 heterocycles. The summed E-state index contributed by atoms with van der Waals surface area (Å²) in [6, 6.07) is 11.2. The quantitative estimate of drug-likeness (QED) is 0.886. The van der Waals surface area contributed by atoms with Crippen molar-refractivity contribution in [1.82, 2.24) is 9.88 Å². The number of carbonyl (C=O) groups excluding carboxylic acids is 1. The van der Waals surface area contributed by atoms with Gasteiger partial charge in [0.2, 0.25) is 5.91 Å². The highest BCUT2D eigenvalue weighted by Crippen LogP contribution is 2.29. The van der Waals surface area contributed by atoms with Crippen LogP contribution in [0.3, 0.4) is 0 Å². The van der Waals surface area contributed by atoms with Crippen molar-refractivity contribution in [2.45, 2.75) is 18.8 Å². The number of phenols is 1. The number of carbonyl (C=O) groups is 1. The second-order valence-corrected chi connectivity index (χ2v) is 5.81. The van der Waals surface area contributed by atoms with Crippen molar-refractivity contribution < 1.29 is 9.90 Å². The van der Waals surface area contributed by atoms with Gasteiger partial charge < -0.3 is 10.0 Å². The van der Waals surface area contributed by atoms with Gasteiger partial charge in [-0.15, -0.1) is 0 Å². The Bertz CT molecular complexity index is 672. The van der Waals surface area contributed by atoms with Gasteiger partial charge in [0.1, 0.15) is 5.75 Å². The molecule has 4 heteroatoms. The normalized spacial score (nSPS) is 15.9. The zero-order valence-corrected chi connectivity index (χ0v) is 12.9. The van der Waals surface area contributed by atoms with E-state index in [9.17, 15) is 9.90 Å². The van der Waals surface area contributed by atoms with Crippen LogP contribution in [0.5, 0.6) is 5.75 Å². The first-order valence-corrected chi connectivity index (χ1v) is 7.88. The van der Waals surface area contributed by atoms with E-state index in [4.69, 9.17) is 0 Å². The van der Waals surface area contributed by atoms with Gasteiger partial charge in [0, 0.05) is 31.6 Å². The van der Waals surface area contributed by atoms with Gasteiger partial charge >= 0.3 is 0 Å². The number of rotatable bonds is 3. The molecule has 118 valence electrons. The van der Waals surface area contributed by atoms with Crippen LogP contribution in [0, 0.1) is 0 Å². The summed E-state index contributed by atoms with van der Waals surface area (Å²) in [6.45, 7) is 1.53. The van der Waals surface area contributed by atoms with Crippen LogP contribution >= 0.6 is 0 Å². The fourth-order valence-electron chi connectivity index (χ4n) is 2.93. The number of phenolic OH excluding ortho intramolecular Hbond substituents is 1. The van der Waals surface area contributed by atoms with Gasteiger partial charge in [-0.3, -0.25) is 9.78 Å². The molecule has 0 radical (unpaired) electrons. The van der Waals surface area contributed by atoms with Crippen LogP contribution in [-0.2, 0) is 4.79 Å². The lowest BCUT2D eigenvalue weighted by Gasteiger charge is -2.31. The minimum atomic E-state index is 0.0537. The van der Waals surface area contributed by atoms with Crippen LogP contribution in [-0.4, -0.2) is 34.0 Å². The highest BCUT2D eigenvalue weighted by Gasteiger charge is 2.22. The summed E-state index contributed by atoms with van der Waals surface area (Å²) < 4.78 is 0. The number of nitrogens with zero attached hydrogens (tertiary/aromatic N) is 2. The highest BCUT2D eigenvalue weighted by molar-refractivity contribution is 5.91. The van der Waals surface area contributed by atoms with Crippen molar-refractivity contribution >= 4 is 12.0 Å². The summed E-state index contributed by atoms with van der Waals surface area (Å²) in [5.74, 6) is 0.807. The number of pyridine rings is 1. The second kappa shape index (κ2) is 7.09. The van der Waals surface area contributed by atoms with Crippen LogP contribution in [0.15, 0.2) is 54.9 Å². The first kappa shape index (κ1) is 15.3. The molecule has 3 rings (SSSR count). The summed E-state index contributed by atoms with van der Waals surface area (Å²) >= 11 is 0. The van der Waals surface area contributed by atoms with Crippen molar-refractivity contribution in [1.29, 1.82) is 0 Å². The fraction of sp³-hybridized carbons (Fsp3) is 0.263. The van der Waals surface area contributed by atoms with Gasteiger partial charge in [-0.2, -0.15) is 0 Å². The average molecular weight is 308 g/mol. The summed E-state index contributed by atoms with van der Waals surface area (Å²) in [4.78, 5) is 18.2. The number of aromatic hydroxyl groups is 1. The van der Waals surface area contributed by atoms with Crippen molar-refractivity contribution in [3.63, 3.8) is 0 Å². The topological polar surface area (TPSA) is 53.4 Å². The Hall–Kier alpha value is -2.62. The molecule has 0 unspecified atom stereocenters. The van der Waals surface area contributed by atoms with E-state index in [2.05, 4.69) is 4.98 Å². The number of aromatic nitrogens is 1. The monoisotopic (exact) mass is 308 g/mol. The smallest absolute Gasteiger partial charge is 0.246 e. The SMILES string of the molecule is O=C(/C=C/c1cccnc1)N1CCC(c2ccc(O)cc2)CC1. The number of hydrogen-bond donors (Lipinski definition) is 1. The molecule has 1 saturated heterocycles. The van der Waals surface area contributed by atoms with Crippen molar-refractivity contribution in [3.8, 4) is 5.75 Å². The number of amides is 1. The van der Waals surface area contributed by atoms with Crippen LogP contribution in [0.1, 0.15) is 29.9 Å². The van der Waals surface area contributed by atoms with Crippen molar-refractivity contribution in [2.24, 2.45) is 0 Å². The molecule has 1 aliphatic heterocycles. The van der Waals surface area contributed by atoms with Crippen molar-refractivity contribution in [2.75, 3.05) is 13.1 Å². The van der Waals surface area contributed by atoms with Crippen LogP contribution in [0.25, 0.3) is 6.08 Å². The molecule has 0 bridgehead atoms. The molecule has 1 aliphatic rings. The lowest BCUT2D eigenvalue weighted by atomic mass is 9.89. The lowest BCUT2D eigenvalue weighted by Crippen LogP contribution is -2.36. The molecule has 4 nitrogen and oxygen atoms in total. The minimum Gasteiger partial charge on any atom is -0.508 e. The number of hydrogen-bond acceptors (Lipinski definition) is 3. The highest BCUT2D eigenvalue weighted by atomic mass is 16.3. The van der Waals surface area contributed by atoms with Crippen LogP contribution in [0.2, 0.25) is 0 Å². The standard InChI is InChI=1S/C19H20N2O2/c22-18-6-4-16(5-7-18)17-9-12-21(13-10-17)19(23)8-3-15-2-1-11-20-14-15/h1-8,11,14,17,22H,9-10,12-13H2/b8-3+. The van der Waals surface area contributed by atoms with E-state index in [0.29, 0.717) is 11.7 Å². The van der Waals surface area contributed by atoms with Crippen molar-refractivity contribution in [3.05, 3.63) is 66.0 Å². The molecule has 1 fully saturated rings. The van der Waals surface area contributed by atoms with Gasteiger partial charge in [-0.1, -0.05) is 18.2 Å². The Balaban J connectivity index is 1.55. The summed E-state index contributed by atoms with van der Waals surface area (Å²) in [5.41, 5.74) is 2.17. The van der Waals surface area contributed by atoms with E-state index in [0.717, 1.165) is 31.5 Å². The molecule has 1 aromatic carbocycles. The molecule has 0 atom stereocenters. The lowest BCUT2D eigenvalue weighted by molar-refractivity contribution is -0.126. The maximum atomic E-state index is 12.2. The zero-order valence-electron chi connectivity index (χ0n) is 12.9. The molecular weight excluding hydrogens is 288 g/mol. The van der Waals surface area contributed by atoms with Gasteiger partial charge in [0.25, 0.3) is 0 Å². The first-order chi connectivity index (χ1) is 11.2. The summed E-state index contributed by atoms with van der Waals surface area (Å²) in [5, 5.41) is 9.36. The molecule has 1 aromatic heterocycles. The molecule has 0 aliphatic carbocycles. The number of piperidine rings is 1. The third-order valence-corrected chi connectivity index (χ3v) is 4.27. The van der Waals surface area contributed by atoms with E-state index in [1.807, 2.05) is 29.2 Å². The van der Waals surface area contributed by atoms with E-state index in [1.54, 1.807) is 36.7 Å². The van der Waals surface area contributed by atoms with Gasteiger partial charge in [0.15, 0.2) is 0 Å². The maximum Gasteiger partial charge on any atom is 0.246 e. The molecular formula is C19H20N2O2. The third kappa shape index (κ3) is 3.97. The van der Waals surface area contributed by atoms with E-state index < -0.39 is 0 Å². The van der Waals surface area contributed by atoms with E-state index in [1.165, 1.54) is 5.56 Å². The van der Waals surface area contributed by atoms with Gasteiger partial charge in [-0.05, 0) is 54.2 Å². The maximum absolute atomic E-state index is 12.2. The molecule has 2 aromatic rings. The number of benzene rings is 1. The third-order valence-electron chi connectivity index (χ3n) is 4.27. The second-order valence-electron chi connectivity index (χ2n) is 5.81. The average Bonchev–Trinajstić information content (AvgIpc) is 2.61. The largest absolute Gasteiger partial charge is 0.508 e. The predicted molar refractivity (Wildman–Crippen MR) is 89.9 cm³/mol.